The Balaban J connectivity index is 0.000000265. The van der Waals surface area contributed by atoms with E-state index in [9.17, 15) is 13.2 Å². The van der Waals surface area contributed by atoms with E-state index < -0.39 is 12.1 Å². The second-order valence-electron chi connectivity index (χ2n) is 2.68. The number of carboxylic acid groups (broad SMARTS) is 1. The summed E-state index contributed by atoms with van der Waals surface area (Å²) in [6, 6.07) is 0. The third kappa shape index (κ3) is 7.11. The molecule has 8 heteroatoms. The number of hydrogen-bond acceptors (Lipinski definition) is 4. The summed E-state index contributed by atoms with van der Waals surface area (Å²) in [5.74, 6) is -2.76. The topological polar surface area (TPSA) is 78.8 Å². The number of nitrogens with one attached hydrogen (secondary N) is 1. The molecule has 90 valence electrons. The van der Waals surface area contributed by atoms with Gasteiger partial charge in [-0.05, 0) is 0 Å². The average Bonchev–Trinajstić information content (AvgIpc) is 2.18. The highest BCUT2D eigenvalue weighted by Crippen LogP contribution is 2.13. The lowest BCUT2D eigenvalue weighted by Gasteiger charge is -2.21. The first-order valence-corrected chi connectivity index (χ1v) is 4.11. The van der Waals surface area contributed by atoms with E-state index in [4.69, 9.17) is 19.7 Å². The summed E-state index contributed by atoms with van der Waals surface area (Å²) in [7, 11) is 0. The van der Waals surface area contributed by atoms with E-state index >= 15 is 0 Å². The molecule has 0 aromatic rings. The van der Waals surface area contributed by atoms with Crippen LogP contribution in [-0.2, 0) is 9.53 Å². The maximum Gasteiger partial charge on any atom is 0.490 e. The molecule has 0 aromatic heterocycles. The Labute approximate surface area is 83.8 Å². The van der Waals surface area contributed by atoms with Crippen molar-refractivity contribution in [2.24, 2.45) is 0 Å². The first kappa shape index (κ1) is 14.1. The molecule has 3 N–H and O–H groups in total. The van der Waals surface area contributed by atoms with Gasteiger partial charge in [0, 0.05) is 13.1 Å². The molecule has 0 amide bonds. The van der Waals surface area contributed by atoms with Crippen LogP contribution in [0.1, 0.15) is 0 Å². The molecule has 1 saturated heterocycles. The standard InChI is InChI=1S/C5H11NO2.C2HF3O2/c7-4-5-3-6-1-2-8-5;3-2(4,5)1(6)7/h5-7H,1-4H2;(H,6,7). The van der Waals surface area contributed by atoms with Gasteiger partial charge in [0.1, 0.15) is 0 Å². The van der Waals surface area contributed by atoms with Gasteiger partial charge in [0.15, 0.2) is 0 Å². The third-order valence-corrected chi connectivity index (χ3v) is 1.45. The van der Waals surface area contributed by atoms with Crippen molar-refractivity contribution < 1.29 is 32.9 Å². The minimum absolute atomic E-state index is 0.0312. The summed E-state index contributed by atoms with van der Waals surface area (Å²) in [6.07, 6.45) is -5.05. The fourth-order valence-corrected chi connectivity index (χ4v) is 0.737. The maximum atomic E-state index is 10.6. The Hall–Kier alpha value is -0.860. The number of carboxylic acids is 1. The number of alkyl halides is 3. The highest BCUT2D eigenvalue weighted by atomic mass is 19.4. The smallest absolute Gasteiger partial charge is 0.475 e. The zero-order chi connectivity index (χ0) is 11.9. The van der Waals surface area contributed by atoms with Crippen molar-refractivity contribution in [3.05, 3.63) is 0 Å². The summed E-state index contributed by atoms with van der Waals surface area (Å²) in [6.45, 7) is 2.56. The molecule has 0 radical (unpaired) electrons. The summed E-state index contributed by atoms with van der Waals surface area (Å²) in [4.78, 5) is 8.90. The van der Waals surface area contributed by atoms with E-state index in [0.717, 1.165) is 19.7 Å². The maximum absolute atomic E-state index is 10.6. The number of ether oxygens (including phenoxy) is 1. The van der Waals surface area contributed by atoms with Gasteiger partial charge in [0.2, 0.25) is 0 Å². The number of carbonyl (C=O) groups is 1. The van der Waals surface area contributed by atoms with Gasteiger partial charge in [-0.1, -0.05) is 0 Å². The molecule has 1 aliphatic heterocycles. The normalized spacial score (nSPS) is 21.5. The van der Waals surface area contributed by atoms with Crippen LogP contribution < -0.4 is 5.32 Å². The van der Waals surface area contributed by atoms with Crippen molar-refractivity contribution in [1.29, 1.82) is 0 Å². The quantitative estimate of drug-likeness (QED) is 0.572. The van der Waals surface area contributed by atoms with E-state index in [1.54, 1.807) is 0 Å². The van der Waals surface area contributed by atoms with E-state index in [0.29, 0.717) is 0 Å². The Morgan fingerprint density at radius 2 is 2.07 bits per heavy atom. The molecule has 5 nitrogen and oxygen atoms in total. The van der Waals surface area contributed by atoms with Gasteiger partial charge >= 0.3 is 12.1 Å². The van der Waals surface area contributed by atoms with Gasteiger partial charge in [-0.2, -0.15) is 13.2 Å². The van der Waals surface area contributed by atoms with Crippen LogP contribution in [0.3, 0.4) is 0 Å². The highest BCUT2D eigenvalue weighted by Gasteiger charge is 2.38. The molecule has 1 fully saturated rings. The SMILES string of the molecule is O=C(O)C(F)(F)F.OCC1CNCCO1. The van der Waals surface area contributed by atoms with Gasteiger partial charge in [-0.15, -0.1) is 0 Å². The minimum Gasteiger partial charge on any atom is -0.475 e. The van der Waals surface area contributed by atoms with Crippen molar-refractivity contribution in [1.82, 2.24) is 5.32 Å². The van der Waals surface area contributed by atoms with Crippen LogP contribution in [0.15, 0.2) is 0 Å². The number of rotatable bonds is 1. The van der Waals surface area contributed by atoms with Gasteiger partial charge in [0.05, 0.1) is 19.3 Å². The Kier molecular flexibility index (Phi) is 6.21. The monoisotopic (exact) mass is 231 g/mol. The summed E-state index contributed by atoms with van der Waals surface area (Å²) >= 11 is 0. The number of aliphatic carboxylic acids is 1. The highest BCUT2D eigenvalue weighted by molar-refractivity contribution is 5.73. The number of halogens is 3. The lowest BCUT2D eigenvalue weighted by Crippen LogP contribution is -2.40. The molecule has 1 atom stereocenters. The lowest BCUT2D eigenvalue weighted by molar-refractivity contribution is -0.192. The summed E-state index contributed by atoms with van der Waals surface area (Å²) < 4.78 is 36.9. The fraction of sp³-hybridized carbons (Fsp3) is 0.857. The zero-order valence-corrected chi connectivity index (χ0v) is 7.75. The third-order valence-electron chi connectivity index (χ3n) is 1.45. The summed E-state index contributed by atoms with van der Waals surface area (Å²) in [5.41, 5.74) is 0. The number of morpholine rings is 1. The number of aliphatic hydroxyl groups excluding tert-OH is 1. The van der Waals surface area contributed by atoms with E-state index in [1.807, 2.05) is 0 Å². The molecule has 1 aliphatic rings. The molecule has 0 aliphatic carbocycles. The van der Waals surface area contributed by atoms with Crippen molar-refractivity contribution >= 4 is 5.97 Å². The molecule has 0 saturated carbocycles. The zero-order valence-electron chi connectivity index (χ0n) is 7.75. The molecular weight excluding hydrogens is 219 g/mol. The molecule has 0 bridgehead atoms. The van der Waals surface area contributed by atoms with Crippen LogP contribution in [0.25, 0.3) is 0 Å². The average molecular weight is 231 g/mol. The lowest BCUT2D eigenvalue weighted by atomic mass is 10.3. The number of aliphatic hydroxyl groups is 1. The van der Waals surface area contributed by atoms with Crippen LogP contribution in [0.4, 0.5) is 13.2 Å². The molecule has 1 rings (SSSR count). The predicted octanol–water partition coefficient (Wildman–Crippen LogP) is -0.400. The van der Waals surface area contributed by atoms with Crippen LogP contribution in [0.2, 0.25) is 0 Å². The van der Waals surface area contributed by atoms with Crippen molar-refractivity contribution in [3.63, 3.8) is 0 Å². The van der Waals surface area contributed by atoms with Crippen LogP contribution in [-0.4, -0.2) is 54.8 Å². The molecular formula is C7H12F3NO4. The Morgan fingerprint density at radius 1 is 1.53 bits per heavy atom. The van der Waals surface area contributed by atoms with E-state index in [2.05, 4.69) is 5.32 Å². The molecule has 0 spiro atoms. The van der Waals surface area contributed by atoms with Crippen LogP contribution in [0.5, 0.6) is 0 Å². The van der Waals surface area contributed by atoms with E-state index in [-0.39, 0.29) is 12.7 Å². The molecule has 1 unspecified atom stereocenters. The summed E-state index contributed by atoms with van der Waals surface area (Å²) in [5, 5.41) is 18.8. The van der Waals surface area contributed by atoms with Crippen LogP contribution >= 0.6 is 0 Å². The molecule has 15 heavy (non-hydrogen) atoms. The van der Waals surface area contributed by atoms with Crippen molar-refractivity contribution in [2.75, 3.05) is 26.3 Å². The molecule has 1 heterocycles. The van der Waals surface area contributed by atoms with Crippen molar-refractivity contribution in [2.45, 2.75) is 12.3 Å². The van der Waals surface area contributed by atoms with E-state index in [1.165, 1.54) is 0 Å². The first-order valence-electron chi connectivity index (χ1n) is 4.11. The van der Waals surface area contributed by atoms with Crippen LogP contribution in [0, 0.1) is 0 Å². The first-order chi connectivity index (χ1) is 6.88. The fourth-order valence-electron chi connectivity index (χ4n) is 0.737. The van der Waals surface area contributed by atoms with Gasteiger partial charge < -0.3 is 20.3 Å². The Morgan fingerprint density at radius 3 is 2.27 bits per heavy atom. The predicted molar refractivity (Wildman–Crippen MR) is 43.4 cm³/mol. The molecule has 0 aromatic carbocycles. The minimum atomic E-state index is -5.08. The van der Waals surface area contributed by atoms with Gasteiger partial charge in [-0.25, -0.2) is 4.79 Å². The second kappa shape index (κ2) is 6.59. The largest absolute Gasteiger partial charge is 0.490 e. The van der Waals surface area contributed by atoms with Gasteiger partial charge in [-0.3, -0.25) is 0 Å². The Bertz CT molecular complexity index is 191. The van der Waals surface area contributed by atoms with Crippen molar-refractivity contribution in [3.8, 4) is 0 Å². The second-order valence-corrected chi connectivity index (χ2v) is 2.68. The number of hydrogen-bond donors (Lipinski definition) is 3. The van der Waals surface area contributed by atoms with Gasteiger partial charge in [0.25, 0.3) is 0 Å².